The molecule has 2 heterocycles. The molecular formula is C7H8N4O3. The summed E-state index contributed by atoms with van der Waals surface area (Å²) >= 11 is 0. The number of hydrogen-bond donors (Lipinski definition) is 3. The van der Waals surface area contributed by atoms with Crippen LogP contribution in [0.2, 0.25) is 0 Å². The van der Waals surface area contributed by atoms with Gasteiger partial charge in [0.2, 0.25) is 11.7 Å². The Bertz CT molecular complexity index is 465. The standard InChI is InChI=1S/C7H8N4O3/c8-7-10-6(14)4(12)3-5(13)9-1-2-11(3)7/h12H,1-2H2,(H,9,13)(H2,8,10,14). The Labute approximate surface area is 78.2 Å². The van der Waals surface area contributed by atoms with Crippen LogP contribution in [0.25, 0.3) is 0 Å². The van der Waals surface area contributed by atoms with Gasteiger partial charge in [0.15, 0.2) is 5.69 Å². The number of nitrogens with two attached hydrogens (primary N) is 1. The summed E-state index contributed by atoms with van der Waals surface area (Å²) in [7, 11) is 0. The van der Waals surface area contributed by atoms with Crippen molar-refractivity contribution in [3.63, 3.8) is 0 Å². The zero-order valence-electron chi connectivity index (χ0n) is 7.15. The van der Waals surface area contributed by atoms with Gasteiger partial charge in [-0.15, -0.1) is 0 Å². The molecule has 0 bridgehead atoms. The molecule has 7 heteroatoms. The number of carbonyl (C=O) groups is 1. The van der Waals surface area contributed by atoms with Crippen LogP contribution >= 0.6 is 0 Å². The van der Waals surface area contributed by atoms with E-state index in [2.05, 4.69) is 10.3 Å². The van der Waals surface area contributed by atoms with Crippen LogP contribution < -0.4 is 16.6 Å². The Kier molecular flexibility index (Phi) is 1.66. The van der Waals surface area contributed by atoms with Gasteiger partial charge in [-0.05, 0) is 0 Å². The van der Waals surface area contributed by atoms with Crippen LogP contribution in [0.1, 0.15) is 10.5 Å². The molecule has 0 saturated heterocycles. The van der Waals surface area contributed by atoms with Gasteiger partial charge in [-0.25, -0.2) is 0 Å². The van der Waals surface area contributed by atoms with Crippen molar-refractivity contribution in [2.24, 2.45) is 0 Å². The van der Waals surface area contributed by atoms with E-state index in [0.717, 1.165) is 0 Å². The number of rotatable bonds is 0. The monoisotopic (exact) mass is 196 g/mol. The molecule has 1 amide bonds. The maximum Gasteiger partial charge on any atom is 0.317 e. The summed E-state index contributed by atoms with van der Waals surface area (Å²) in [5, 5.41) is 11.8. The predicted molar refractivity (Wildman–Crippen MR) is 46.9 cm³/mol. The molecule has 4 N–H and O–H groups in total. The topological polar surface area (TPSA) is 110 Å². The largest absolute Gasteiger partial charge is 0.501 e. The Morgan fingerprint density at radius 2 is 2.21 bits per heavy atom. The number of nitrogens with zero attached hydrogens (tertiary/aromatic N) is 2. The van der Waals surface area contributed by atoms with E-state index in [0.29, 0.717) is 13.1 Å². The van der Waals surface area contributed by atoms with Gasteiger partial charge in [-0.3, -0.25) is 9.59 Å². The number of nitrogen functional groups attached to an aromatic ring is 1. The van der Waals surface area contributed by atoms with Crippen LogP contribution in [0.4, 0.5) is 5.95 Å². The summed E-state index contributed by atoms with van der Waals surface area (Å²) in [6, 6.07) is 0. The van der Waals surface area contributed by atoms with Crippen molar-refractivity contribution < 1.29 is 9.90 Å². The van der Waals surface area contributed by atoms with E-state index in [9.17, 15) is 14.7 Å². The lowest BCUT2D eigenvalue weighted by molar-refractivity contribution is 0.0922. The third-order valence-electron chi connectivity index (χ3n) is 2.03. The Morgan fingerprint density at radius 1 is 1.50 bits per heavy atom. The first-order valence-electron chi connectivity index (χ1n) is 3.98. The molecule has 74 valence electrons. The second-order valence-corrected chi connectivity index (χ2v) is 2.88. The molecule has 0 radical (unpaired) electrons. The van der Waals surface area contributed by atoms with E-state index in [1.807, 2.05) is 0 Å². The van der Waals surface area contributed by atoms with Crippen molar-refractivity contribution >= 4 is 11.9 Å². The number of nitrogens with one attached hydrogen (secondary N) is 1. The van der Waals surface area contributed by atoms with Crippen molar-refractivity contribution in [2.45, 2.75) is 6.54 Å². The number of hydrogen-bond acceptors (Lipinski definition) is 5. The highest BCUT2D eigenvalue weighted by Gasteiger charge is 2.24. The van der Waals surface area contributed by atoms with Crippen molar-refractivity contribution in [2.75, 3.05) is 12.3 Å². The van der Waals surface area contributed by atoms with Gasteiger partial charge < -0.3 is 20.7 Å². The number of anilines is 1. The number of aromatic hydroxyl groups is 1. The number of carbonyl (C=O) groups excluding carboxylic acids is 1. The third-order valence-corrected chi connectivity index (χ3v) is 2.03. The summed E-state index contributed by atoms with van der Waals surface area (Å²) in [4.78, 5) is 25.7. The summed E-state index contributed by atoms with van der Waals surface area (Å²) < 4.78 is 1.32. The molecule has 1 aromatic heterocycles. The van der Waals surface area contributed by atoms with Crippen molar-refractivity contribution in [1.82, 2.24) is 14.9 Å². The molecule has 0 aromatic carbocycles. The highest BCUT2D eigenvalue weighted by atomic mass is 16.3. The summed E-state index contributed by atoms with van der Waals surface area (Å²) in [6.45, 7) is 0.799. The molecule has 14 heavy (non-hydrogen) atoms. The maximum atomic E-state index is 11.3. The quantitative estimate of drug-likeness (QED) is 0.457. The lowest BCUT2D eigenvalue weighted by atomic mass is 10.3. The van der Waals surface area contributed by atoms with Crippen LogP contribution in [0.5, 0.6) is 5.75 Å². The highest BCUT2D eigenvalue weighted by Crippen LogP contribution is 2.15. The Balaban J connectivity index is 2.80. The minimum Gasteiger partial charge on any atom is -0.501 e. The molecule has 0 spiro atoms. The maximum absolute atomic E-state index is 11.3. The van der Waals surface area contributed by atoms with Gasteiger partial charge in [0.05, 0.1) is 0 Å². The van der Waals surface area contributed by atoms with Crippen LogP contribution in [0.3, 0.4) is 0 Å². The van der Waals surface area contributed by atoms with Crippen LogP contribution in [-0.2, 0) is 6.54 Å². The summed E-state index contributed by atoms with van der Waals surface area (Å²) in [6.07, 6.45) is 0. The van der Waals surface area contributed by atoms with Crippen LogP contribution in [-0.4, -0.2) is 27.1 Å². The van der Waals surface area contributed by atoms with Crippen molar-refractivity contribution in [1.29, 1.82) is 0 Å². The normalized spacial score (nSPS) is 14.7. The molecule has 7 nitrogen and oxygen atoms in total. The van der Waals surface area contributed by atoms with Gasteiger partial charge in [0.1, 0.15) is 0 Å². The van der Waals surface area contributed by atoms with Crippen molar-refractivity contribution in [3.8, 4) is 5.75 Å². The molecule has 0 aliphatic carbocycles. The molecule has 0 unspecified atom stereocenters. The Morgan fingerprint density at radius 3 is 2.93 bits per heavy atom. The summed E-state index contributed by atoms with van der Waals surface area (Å²) in [5.74, 6) is -1.23. The van der Waals surface area contributed by atoms with E-state index < -0.39 is 17.2 Å². The second-order valence-electron chi connectivity index (χ2n) is 2.88. The van der Waals surface area contributed by atoms with E-state index in [-0.39, 0.29) is 11.6 Å². The smallest absolute Gasteiger partial charge is 0.317 e. The first kappa shape index (κ1) is 8.54. The van der Waals surface area contributed by atoms with Crippen LogP contribution in [0, 0.1) is 0 Å². The molecule has 0 saturated carbocycles. The number of aromatic nitrogens is 2. The Hall–Kier alpha value is -2.05. The average Bonchev–Trinajstić information content (AvgIpc) is 2.14. The zero-order valence-corrected chi connectivity index (χ0v) is 7.15. The number of fused-ring (bicyclic) bond motifs is 1. The lowest BCUT2D eigenvalue weighted by Gasteiger charge is -2.20. The molecule has 1 aliphatic rings. The minimum atomic E-state index is -0.884. The highest BCUT2D eigenvalue weighted by molar-refractivity contribution is 5.95. The molecule has 1 aliphatic heterocycles. The second kappa shape index (κ2) is 2.72. The third kappa shape index (κ3) is 1.02. The molecule has 0 fully saturated rings. The van der Waals surface area contributed by atoms with E-state index in [1.54, 1.807) is 0 Å². The molecule has 0 atom stereocenters. The minimum absolute atomic E-state index is 0.0577. The average molecular weight is 196 g/mol. The summed E-state index contributed by atoms with van der Waals surface area (Å²) in [5.41, 5.74) is 4.43. The van der Waals surface area contributed by atoms with E-state index >= 15 is 0 Å². The fraction of sp³-hybridized carbons (Fsp3) is 0.286. The van der Waals surface area contributed by atoms with E-state index in [4.69, 9.17) is 5.73 Å². The predicted octanol–water partition coefficient (Wildman–Crippen LogP) is -1.73. The zero-order chi connectivity index (χ0) is 10.3. The fourth-order valence-corrected chi connectivity index (χ4v) is 1.38. The van der Waals surface area contributed by atoms with Crippen LogP contribution in [0.15, 0.2) is 4.79 Å². The molecule has 1 aromatic rings. The molecular weight excluding hydrogens is 188 g/mol. The SMILES string of the molecule is Nc1nc(=O)c(O)c2n1CCNC2=O. The first-order valence-corrected chi connectivity index (χ1v) is 3.98. The lowest BCUT2D eigenvalue weighted by Crippen LogP contribution is -2.39. The van der Waals surface area contributed by atoms with Gasteiger partial charge in [0.25, 0.3) is 5.91 Å². The van der Waals surface area contributed by atoms with Gasteiger partial charge in [-0.1, -0.05) is 0 Å². The fourth-order valence-electron chi connectivity index (χ4n) is 1.38. The number of amides is 1. The first-order chi connectivity index (χ1) is 6.61. The van der Waals surface area contributed by atoms with Gasteiger partial charge in [-0.2, -0.15) is 4.98 Å². The van der Waals surface area contributed by atoms with Crippen molar-refractivity contribution in [3.05, 3.63) is 16.0 Å². The van der Waals surface area contributed by atoms with E-state index in [1.165, 1.54) is 4.57 Å². The van der Waals surface area contributed by atoms with Gasteiger partial charge >= 0.3 is 5.56 Å². The molecule has 2 rings (SSSR count). The van der Waals surface area contributed by atoms with Gasteiger partial charge in [0, 0.05) is 13.1 Å².